The number of allylic oxidation sites excluding steroid dienone is 5. The fourth-order valence-corrected chi connectivity index (χ4v) is 9.27. The first-order chi connectivity index (χ1) is 33.5. The summed E-state index contributed by atoms with van der Waals surface area (Å²) < 4.78 is 5.43. The van der Waals surface area contributed by atoms with Gasteiger partial charge >= 0.3 is 5.97 Å². The summed E-state index contributed by atoms with van der Waals surface area (Å²) in [7, 11) is 0. The Labute approximate surface area is 424 Å². The number of aliphatic hydroxyl groups is 2. The standard InChI is InChI=1S/C62H117NO5/c1-3-5-7-9-11-13-15-16-17-18-19-20-21-22-23-24-25-26-28-31-35-38-42-46-50-54-60(65)59(58-64)63-61(66)55-51-47-43-39-36-32-29-27-30-33-37-41-45-49-53-57-68-62(67)56-52-48-44-40-34-14-12-10-8-6-4-2/h27,30,33,37,50,54,59-60,64-65H,3-26,28-29,31-32,34-36,38-49,51-53,55-58H2,1-2H3,(H,63,66)/b30-27-,37-33-,54-50+. The van der Waals surface area contributed by atoms with Gasteiger partial charge in [0.2, 0.25) is 5.91 Å². The molecule has 0 heterocycles. The number of amides is 1. The van der Waals surface area contributed by atoms with Crippen LogP contribution < -0.4 is 5.32 Å². The van der Waals surface area contributed by atoms with E-state index in [-0.39, 0.29) is 18.5 Å². The Hall–Kier alpha value is -1.92. The Bertz CT molecular complexity index is 1100. The van der Waals surface area contributed by atoms with Crippen LogP contribution in [0.2, 0.25) is 0 Å². The minimum absolute atomic E-state index is 0.0229. The van der Waals surface area contributed by atoms with E-state index in [2.05, 4.69) is 43.5 Å². The number of hydrogen-bond donors (Lipinski definition) is 3. The van der Waals surface area contributed by atoms with Crippen LogP contribution in [-0.4, -0.2) is 47.4 Å². The molecule has 0 aromatic rings. The lowest BCUT2D eigenvalue weighted by Gasteiger charge is -2.20. The Morgan fingerprint density at radius 3 is 1.09 bits per heavy atom. The van der Waals surface area contributed by atoms with Crippen molar-refractivity contribution in [3.8, 4) is 0 Å². The number of unbranched alkanes of at least 4 members (excludes halogenated alkanes) is 42. The third kappa shape index (κ3) is 53.4. The van der Waals surface area contributed by atoms with Gasteiger partial charge in [0.25, 0.3) is 0 Å². The topological polar surface area (TPSA) is 95.9 Å². The average molecular weight is 957 g/mol. The second kappa shape index (κ2) is 57.7. The minimum atomic E-state index is -0.860. The maximum atomic E-state index is 12.5. The maximum Gasteiger partial charge on any atom is 0.305 e. The largest absolute Gasteiger partial charge is 0.466 e. The summed E-state index contributed by atoms with van der Waals surface area (Å²) >= 11 is 0. The van der Waals surface area contributed by atoms with Crippen molar-refractivity contribution in [2.45, 2.75) is 334 Å². The lowest BCUT2D eigenvalue weighted by molar-refractivity contribution is -0.143. The summed E-state index contributed by atoms with van der Waals surface area (Å²) in [6, 6.07) is -0.646. The average Bonchev–Trinajstić information content (AvgIpc) is 3.34. The molecule has 0 radical (unpaired) electrons. The van der Waals surface area contributed by atoms with Crippen molar-refractivity contribution < 1.29 is 24.5 Å². The van der Waals surface area contributed by atoms with Gasteiger partial charge in [0, 0.05) is 12.8 Å². The van der Waals surface area contributed by atoms with Crippen molar-refractivity contribution in [2.24, 2.45) is 0 Å². The molecule has 0 rings (SSSR count). The summed E-state index contributed by atoms with van der Waals surface area (Å²) in [4.78, 5) is 24.5. The molecule has 0 saturated carbocycles. The third-order valence-electron chi connectivity index (χ3n) is 13.9. The summed E-state index contributed by atoms with van der Waals surface area (Å²) in [5, 5.41) is 23.2. The fourth-order valence-electron chi connectivity index (χ4n) is 9.27. The first-order valence-electron chi connectivity index (χ1n) is 30.3. The highest BCUT2D eigenvalue weighted by Crippen LogP contribution is 2.17. The number of hydrogen-bond acceptors (Lipinski definition) is 5. The highest BCUT2D eigenvalue weighted by atomic mass is 16.5. The van der Waals surface area contributed by atoms with Crippen molar-refractivity contribution in [3.63, 3.8) is 0 Å². The number of carbonyl (C=O) groups is 2. The number of rotatable bonds is 56. The summed E-state index contributed by atoms with van der Waals surface area (Å²) in [5.74, 6) is -0.111. The molecule has 0 aliphatic carbocycles. The van der Waals surface area contributed by atoms with Crippen LogP contribution in [-0.2, 0) is 14.3 Å². The van der Waals surface area contributed by atoms with E-state index in [1.54, 1.807) is 6.08 Å². The SMILES string of the molecule is CCCCCCCCCCCCCCCCCCCCCCCCC/C=C/C(O)C(CO)NC(=O)CCCCCCCC/C=C\C=C/CCCCCOC(=O)CCCCCCCCCCCCC. The Morgan fingerprint density at radius 1 is 0.412 bits per heavy atom. The van der Waals surface area contributed by atoms with E-state index in [1.165, 1.54) is 218 Å². The number of carbonyl (C=O) groups excluding carboxylic acids is 2. The van der Waals surface area contributed by atoms with Gasteiger partial charge in [0.05, 0.1) is 25.4 Å². The zero-order valence-electron chi connectivity index (χ0n) is 45.6. The number of aliphatic hydroxyl groups excluding tert-OH is 2. The molecule has 6 nitrogen and oxygen atoms in total. The van der Waals surface area contributed by atoms with Crippen LogP contribution in [0.5, 0.6) is 0 Å². The molecule has 68 heavy (non-hydrogen) atoms. The Morgan fingerprint density at radius 2 is 0.721 bits per heavy atom. The second-order valence-corrected chi connectivity index (χ2v) is 20.7. The van der Waals surface area contributed by atoms with Crippen LogP contribution in [0.1, 0.15) is 322 Å². The lowest BCUT2D eigenvalue weighted by atomic mass is 10.0. The van der Waals surface area contributed by atoms with Gasteiger partial charge in [-0.25, -0.2) is 0 Å². The van der Waals surface area contributed by atoms with Gasteiger partial charge in [0.1, 0.15) is 0 Å². The van der Waals surface area contributed by atoms with E-state index in [1.807, 2.05) is 6.08 Å². The van der Waals surface area contributed by atoms with Crippen molar-refractivity contribution in [3.05, 3.63) is 36.5 Å². The van der Waals surface area contributed by atoms with E-state index in [9.17, 15) is 19.8 Å². The molecule has 6 heteroatoms. The van der Waals surface area contributed by atoms with Crippen LogP contribution >= 0.6 is 0 Å². The van der Waals surface area contributed by atoms with Crippen LogP contribution in [0.4, 0.5) is 0 Å². The van der Waals surface area contributed by atoms with Gasteiger partial charge in [-0.05, 0) is 64.2 Å². The van der Waals surface area contributed by atoms with Crippen LogP contribution in [0.3, 0.4) is 0 Å². The van der Waals surface area contributed by atoms with Crippen molar-refractivity contribution in [2.75, 3.05) is 13.2 Å². The monoisotopic (exact) mass is 956 g/mol. The van der Waals surface area contributed by atoms with Crippen molar-refractivity contribution >= 4 is 11.9 Å². The predicted octanol–water partition coefficient (Wildman–Crippen LogP) is 18.8. The van der Waals surface area contributed by atoms with Gasteiger partial charge in [-0.3, -0.25) is 9.59 Å². The molecular formula is C62H117NO5. The molecule has 2 unspecified atom stereocenters. The summed E-state index contributed by atoms with van der Waals surface area (Å²) in [6.07, 6.45) is 71.8. The molecule has 1 amide bonds. The highest BCUT2D eigenvalue weighted by Gasteiger charge is 2.18. The predicted molar refractivity (Wildman–Crippen MR) is 296 cm³/mol. The van der Waals surface area contributed by atoms with E-state index in [0.29, 0.717) is 19.4 Å². The molecule has 0 aromatic carbocycles. The van der Waals surface area contributed by atoms with Gasteiger partial charge < -0.3 is 20.3 Å². The zero-order chi connectivity index (χ0) is 49.3. The molecule has 0 fully saturated rings. The molecule has 0 aliphatic heterocycles. The van der Waals surface area contributed by atoms with Crippen LogP contribution in [0.25, 0.3) is 0 Å². The smallest absolute Gasteiger partial charge is 0.305 e. The summed E-state index contributed by atoms with van der Waals surface area (Å²) in [5.41, 5.74) is 0. The van der Waals surface area contributed by atoms with E-state index < -0.39 is 12.1 Å². The molecule has 0 saturated heterocycles. The molecule has 3 N–H and O–H groups in total. The quantitative estimate of drug-likeness (QED) is 0.0244. The first-order valence-corrected chi connectivity index (χ1v) is 30.3. The van der Waals surface area contributed by atoms with E-state index in [0.717, 1.165) is 77.0 Å². The molecule has 400 valence electrons. The number of esters is 1. The Kier molecular flexibility index (Phi) is 56.0. The van der Waals surface area contributed by atoms with Gasteiger partial charge in [-0.15, -0.1) is 0 Å². The Balaban J connectivity index is 3.54. The van der Waals surface area contributed by atoms with Crippen molar-refractivity contribution in [1.29, 1.82) is 0 Å². The molecule has 0 aliphatic rings. The zero-order valence-corrected chi connectivity index (χ0v) is 45.6. The fraction of sp³-hybridized carbons (Fsp3) is 0.871. The lowest BCUT2D eigenvalue weighted by Crippen LogP contribution is -2.45. The van der Waals surface area contributed by atoms with Crippen molar-refractivity contribution in [1.82, 2.24) is 5.32 Å². The third-order valence-corrected chi connectivity index (χ3v) is 13.9. The molecule has 0 spiro atoms. The van der Waals surface area contributed by atoms with E-state index >= 15 is 0 Å². The minimum Gasteiger partial charge on any atom is -0.466 e. The molecule has 0 aromatic heterocycles. The molecule has 2 atom stereocenters. The van der Waals surface area contributed by atoms with Gasteiger partial charge in [0.15, 0.2) is 0 Å². The first kappa shape index (κ1) is 66.1. The van der Waals surface area contributed by atoms with Gasteiger partial charge in [-0.2, -0.15) is 0 Å². The van der Waals surface area contributed by atoms with Crippen LogP contribution in [0.15, 0.2) is 36.5 Å². The highest BCUT2D eigenvalue weighted by molar-refractivity contribution is 5.76. The van der Waals surface area contributed by atoms with E-state index in [4.69, 9.17) is 4.74 Å². The normalized spacial score (nSPS) is 12.8. The molecule has 0 bridgehead atoms. The van der Waals surface area contributed by atoms with Gasteiger partial charge in [-0.1, -0.05) is 281 Å². The summed E-state index contributed by atoms with van der Waals surface area (Å²) in [6.45, 7) is 4.86. The maximum absolute atomic E-state index is 12.5. The van der Waals surface area contributed by atoms with Crippen LogP contribution in [0, 0.1) is 0 Å². The number of ether oxygens (including phenoxy) is 1. The second-order valence-electron chi connectivity index (χ2n) is 20.7. The molecular weight excluding hydrogens is 839 g/mol. The number of nitrogens with one attached hydrogen (secondary N) is 1.